The van der Waals surface area contributed by atoms with Crippen LogP contribution < -0.4 is 10.1 Å². The van der Waals surface area contributed by atoms with Crippen molar-refractivity contribution in [2.75, 3.05) is 7.11 Å². The maximum Gasteiger partial charge on any atom is 0.408 e. The highest BCUT2D eigenvalue weighted by atomic mass is 16.5. The van der Waals surface area contributed by atoms with Gasteiger partial charge in [-0.1, -0.05) is 13.8 Å². The number of carboxylic acids is 1. The van der Waals surface area contributed by atoms with Crippen LogP contribution in [0, 0.1) is 5.92 Å². The van der Waals surface area contributed by atoms with Gasteiger partial charge in [0, 0.05) is 17.8 Å². The molecule has 0 aromatic carbocycles. The number of carboxylic acid groups (broad SMARTS) is 1. The lowest BCUT2D eigenvalue weighted by atomic mass is 10.1. The van der Waals surface area contributed by atoms with Crippen LogP contribution in [0.2, 0.25) is 0 Å². The van der Waals surface area contributed by atoms with Crippen molar-refractivity contribution < 1.29 is 24.2 Å². The van der Waals surface area contributed by atoms with Gasteiger partial charge in [0.25, 0.3) is 0 Å². The Kier molecular flexibility index (Phi) is 5.76. The van der Waals surface area contributed by atoms with E-state index < -0.39 is 18.1 Å². The summed E-state index contributed by atoms with van der Waals surface area (Å²) in [5.74, 6) is -0.866. The van der Waals surface area contributed by atoms with Gasteiger partial charge >= 0.3 is 12.1 Å². The van der Waals surface area contributed by atoms with Crippen molar-refractivity contribution in [1.29, 1.82) is 0 Å². The Morgan fingerprint density at radius 3 is 2.55 bits per heavy atom. The maximum atomic E-state index is 11.5. The SMILES string of the molecule is COc1ccc(COC(=O)NC(C(=O)O)C(C)C)cn1. The van der Waals surface area contributed by atoms with E-state index in [9.17, 15) is 9.59 Å². The van der Waals surface area contributed by atoms with Gasteiger partial charge in [-0.05, 0) is 12.0 Å². The summed E-state index contributed by atoms with van der Waals surface area (Å²) in [6, 6.07) is 2.37. The molecule has 110 valence electrons. The number of carbonyl (C=O) groups is 2. The molecule has 1 heterocycles. The number of alkyl carbamates (subject to hydrolysis) is 1. The molecule has 2 N–H and O–H groups in total. The molecule has 1 rings (SSSR count). The number of aromatic nitrogens is 1. The minimum atomic E-state index is -1.09. The van der Waals surface area contributed by atoms with E-state index in [0.29, 0.717) is 11.4 Å². The second-order valence-electron chi connectivity index (χ2n) is 4.49. The van der Waals surface area contributed by atoms with E-state index in [0.717, 1.165) is 0 Å². The Bertz CT molecular complexity index is 458. The Hall–Kier alpha value is -2.31. The molecule has 0 spiro atoms. The van der Waals surface area contributed by atoms with Crippen LogP contribution >= 0.6 is 0 Å². The van der Waals surface area contributed by atoms with Crippen LogP contribution in [0.25, 0.3) is 0 Å². The number of pyridine rings is 1. The first-order valence-corrected chi connectivity index (χ1v) is 6.09. The van der Waals surface area contributed by atoms with E-state index in [1.807, 2.05) is 0 Å². The fourth-order valence-electron chi connectivity index (χ4n) is 1.45. The average molecular weight is 282 g/mol. The molecule has 1 amide bonds. The first-order chi connectivity index (χ1) is 9.43. The molecule has 0 radical (unpaired) electrons. The van der Waals surface area contributed by atoms with Gasteiger partial charge in [0.1, 0.15) is 12.6 Å². The summed E-state index contributed by atoms with van der Waals surface area (Å²) in [6.07, 6.45) is 0.741. The molecule has 0 bridgehead atoms. The zero-order valence-corrected chi connectivity index (χ0v) is 11.6. The second kappa shape index (κ2) is 7.32. The van der Waals surface area contributed by atoms with E-state index in [4.69, 9.17) is 14.6 Å². The van der Waals surface area contributed by atoms with E-state index in [1.54, 1.807) is 26.0 Å². The molecule has 0 saturated carbocycles. The van der Waals surface area contributed by atoms with Gasteiger partial charge in [-0.25, -0.2) is 14.6 Å². The highest BCUT2D eigenvalue weighted by Gasteiger charge is 2.23. The fraction of sp³-hybridized carbons (Fsp3) is 0.462. The molecule has 0 aliphatic carbocycles. The number of ether oxygens (including phenoxy) is 2. The van der Waals surface area contributed by atoms with Gasteiger partial charge in [-0.3, -0.25) is 0 Å². The van der Waals surface area contributed by atoms with Crippen LogP contribution in [0.15, 0.2) is 18.3 Å². The van der Waals surface area contributed by atoms with Gasteiger partial charge in [-0.15, -0.1) is 0 Å². The second-order valence-corrected chi connectivity index (χ2v) is 4.49. The van der Waals surface area contributed by atoms with E-state index in [1.165, 1.54) is 13.3 Å². The first kappa shape index (κ1) is 15.7. The third-order valence-corrected chi connectivity index (χ3v) is 2.58. The Morgan fingerprint density at radius 1 is 1.40 bits per heavy atom. The summed E-state index contributed by atoms with van der Waals surface area (Å²) in [5.41, 5.74) is 0.678. The molecule has 1 aromatic heterocycles. The fourth-order valence-corrected chi connectivity index (χ4v) is 1.45. The lowest BCUT2D eigenvalue weighted by Gasteiger charge is -2.17. The number of nitrogens with zero attached hydrogens (tertiary/aromatic N) is 1. The molecular formula is C13H18N2O5. The molecule has 7 heteroatoms. The summed E-state index contributed by atoms with van der Waals surface area (Å²) < 4.78 is 9.84. The summed E-state index contributed by atoms with van der Waals surface area (Å²) >= 11 is 0. The molecule has 0 saturated heterocycles. The average Bonchev–Trinajstić information content (AvgIpc) is 2.42. The van der Waals surface area contributed by atoms with Crippen LogP contribution in [-0.4, -0.2) is 35.3 Å². The molecule has 7 nitrogen and oxygen atoms in total. The van der Waals surface area contributed by atoms with Gasteiger partial charge in [0.2, 0.25) is 5.88 Å². The summed E-state index contributed by atoms with van der Waals surface area (Å²) in [4.78, 5) is 26.4. The number of aliphatic carboxylic acids is 1. The van der Waals surface area contributed by atoms with Crippen LogP contribution in [0.3, 0.4) is 0 Å². The van der Waals surface area contributed by atoms with Crippen LogP contribution in [0.5, 0.6) is 5.88 Å². The Balaban J connectivity index is 2.47. The van der Waals surface area contributed by atoms with E-state index in [-0.39, 0.29) is 12.5 Å². The van der Waals surface area contributed by atoms with E-state index >= 15 is 0 Å². The van der Waals surface area contributed by atoms with Crippen molar-refractivity contribution in [1.82, 2.24) is 10.3 Å². The summed E-state index contributed by atoms with van der Waals surface area (Å²) in [7, 11) is 1.50. The largest absolute Gasteiger partial charge is 0.481 e. The minimum absolute atomic E-state index is 0.00720. The molecule has 1 unspecified atom stereocenters. The lowest BCUT2D eigenvalue weighted by Crippen LogP contribution is -2.44. The molecule has 0 fully saturated rings. The predicted octanol–water partition coefficient (Wildman–Crippen LogP) is 1.43. The van der Waals surface area contributed by atoms with E-state index in [2.05, 4.69) is 10.3 Å². The summed E-state index contributed by atoms with van der Waals surface area (Å²) in [5, 5.41) is 11.2. The monoisotopic (exact) mass is 282 g/mol. The van der Waals surface area contributed by atoms with Crippen LogP contribution in [0.1, 0.15) is 19.4 Å². The number of amides is 1. The number of nitrogens with one attached hydrogen (secondary N) is 1. The van der Waals surface area contributed by atoms with Crippen LogP contribution in [0.4, 0.5) is 4.79 Å². The highest BCUT2D eigenvalue weighted by Crippen LogP contribution is 2.08. The number of rotatable bonds is 6. The number of hydrogen-bond donors (Lipinski definition) is 2. The van der Waals surface area contributed by atoms with Gasteiger partial charge in [0.05, 0.1) is 7.11 Å². The van der Waals surface area contributed by atoms with Gasteiger partial charge in [0.15, 0.2) is 0 Å². The van der Waals surface area contributed by atoms with Crippen molar-refractivity contribution in [3.63, 3.8) is 0 Å². The Morgan fingerprint density at radius 2 is 2.10 bits per heavy atom. The standard InChI is InChI=1S/C13H18N2O5/c1-8(2)11(12(16)17)15-13(18)20-7-9-4-5-10(19-3)14-6-9/h4-6,8,11H,7H2,1-3H3,(H,15,18)(H,16,17). The highest BCUT2D eigenvalue weighted by molar-refractivity contribution is 5.80. The zero-order valence-electron chi connectivity index (χ0n) is 11.6. The lowest BCUT2D eigenvalue weighted by molar-refractivity contribution is -0.140. The molecule has 0 aliphatic heterocycles. The quantitative estimate of drug-likeness (QED) is 0.819. The Labute approximate surface area is 116 Å². The van der Waals surface area contributed by atoms with Crippen molar-refractivity contribution >= 4 is 12.1 Å². The maximum absolute atomic E-state index is 11.5. The summed E-state index contributed by atoms with van der Waals surface area (Å²) in [6.45, 7) is 3.41. The van der Waals surface area contributed by atoms with Crippen molar-refractivity contribution in [2.24, 2.45) is 5.92 Å². The first-order valence-electron chi connectivity index (χ1n) is 6.09. The van der Waals surface area contributed by atoms with Crippen molar-refractivity contribution in [3.8, 4) is 5.88 Å². The molecule has 0 aliphatic rings. The topological polar surface area (TPSA) is 97.8 Å². The van der Waals surface area contributed by atoms with Gasteiger partial charge in [-0.2, -0.15) is 0 Å². The number of methoxy groups -OCH3 is 1. The zero-order chi connectivity index (χ0) is 15.1. The van der Waals surface area contributed by atoms with Gasteiger partial charge < -0.3 is 19.9 Å². The molecule has 20 heavy (non-hydrogen) atoms. The third kappa shape index (κ3) is 4.75. The number of carbonyl (C=O) groups excluding carboxylic acids is 1. The minimum Gasteiger partial charge on any atom is -0.481 e. The smallest absolute Gasteiger partial charge is 0.408 e. The third-order valence-electron chi connectivity index (χ3n) is 2.58. The van der Waals surface area contributed by atoms with Crippen molar-refractivity contribution in [3.05, 3.63) is 23.9 Å². The number of hydrogen-bond acceptors (Lipinski definition) is 5. The normalized spacial score (nSPS) is 11.8. The molecular weight excluding hydrogens is 264 g/mol. The predicted molar refractivity (Wildman–Crippen MR) is 70.4 cm³/mol. The molecule has 1 atom stereocenters. The van der Waals surface area contributed by atoms with Crippen LogP contribution in [-0.2, 0) is 16.1 Å². The van der Waals surface area contributed by atoms with Crippen molar-refractivity contribution in [2.45, 2.75) is 26.5 Å². The molecule has 1 aromatic rings.